The van der Waals surface area contributed by atoms with Crippen molar-refractivity contribution in [3.8, 4) is 0 Å². The van der Waals surface area contributed by atoms with Crippen LogP contribution >= 0.6 is 0 Å². The van der Waals surface area contributed by atoms with Crippen LogP contribution in [0.15, 0.2) is 0 Å². The summed E-state index contributed by atoms with van der Waals surface area (Å²) in [4.78, 5) is 14.3. The molecule has 19 heavy (non-hydrogen) atoms. The molecule has 0 saturated carbocycles. The molecule has 0 aliphatic carbocycles. The van der Waals surface area contributed by atoms with Gasteiger partial charge in [-0.15, -0.1) is 0 Å². The third-order valence-corrected chi connectivity index (χ3v) is 2.86. The molecule has 0 bridgehead atoms. The Labute approximate surface area is 119 Å². The van der Waals surface area contributed by atoms with Gasteiger partial charge in [-0.05, 0) is 25.7 Å². The highest BCUT2D eigenvalue weighted by molar-refractivity contribution is 5.76. The first-order chi connectivity index (χ1) is 8.76. The van der Waals surface area contributed by atoms with Crippen molar-refractivity contribution in [2.24, 2.45) is 17.6 Å². The van der Waals surface area contributed by atoms with Crippen molar-refractivity contribution in [2.45, 2.75) is 60.0 Å². The van der Waals surface area contributed by atoms with E-state index in [1.54, 1.807) is 0 Å². The van der Waals surface area contributed by atoms with Crippen LogP contribution in [-0.2, 0) is 4.79 Å². The van der Waals surface area contributed by atoms with Crippen LogP contribution in [0.3, 0.4) is 0 Å². The predicted octanol–water partition coefficient (Wildman–Crippen LogP) is 1.84. The summed E-state index contributed by atoms with van der Waals surface area (Å²) in [5.41, 5.74) is 5.88. The summed E-state index contributed by atoms with van der Waals surface area (Å²) in [6.45, 7) is 15.3. The van der Waals surface area contributed by atoms with Crippen LogP contribution in [0.25, 0.3) is 0 Å². The Bertz CT molecular complexity index is 242. The molecule has 0 rings (SSSR count). The van der Waals surface area contributed by atoms with Gasteiger partial charge in [0.05, 0.1) is 0 Å². The van der Waals surface area contributed by atoms with E-state index in [1.807, 2.05) is 13.8 Å². The fourth-order valence-corrected chi connectivity index (χ4v) is 2.27. The zero-order chi connectivity index (χ0) is 15.0. The van der Waals surface area contributed by atoms with Gasteiger partial charge in [0.1, 0.15) is 0 Å². The average Bonchev–Trinajstić information content (AvgIpc) is 2.22. The van der Waals surface area contributed by atoms with Gasteiger partial charge in [0.25, 0.3) is 0 Å². The molecule has 4 heteroatoms. The second kappa shape index (κ2) is 9.32. The molecule has 0 aromatic heterocycles. The average molecular weight is 271 g/mol. The number of hydrogen-bond donors (Lipinski definition) is 2. The lowest BCUT2D eigenvalue weighted by Crippen LogP contribution is -2.47. The number of carbonyl (C=O) groups is 1. The number of carbonyl (C=O) groups excluding carboxylic acids is 1. The summed E-state index contributed by atoms with van der Waals surface area (Å²) in [5, 5.41) is 2.95. The van der Waals surface area contributed by atoms with E-state index < -0.39 is 0 Å². The van der Waals surface area contributed by atoms with E-state index in [9.17, 15) is 4.79 Å². The molecule has 0 fully saturated rings. The van der Waals surface area contributed by atoms with Crippen molar-refractivity contribution in [1.82, 2.24) is 10.2 Å². The quantitative estimate of drug-likeness (QED) is 0.673. The van der Waals surface area contributed by atoms with Gasteiger partial charge in [-0.3, -0.25) is 9.69 Å². The third kappa shape index (κ3) is 9.00. The largest absolute Gasteiger partial charge is 0.354 e. The van der Waals surface area contributed by atoms with Gasteiger partial charge >= 0.3 is 0 Å². The van der Waals surface area contributed by atoms with Crippen LogP contribution in [0, 0.1) is 11.8 Å². The van der Waals surface area contributed by atoms with E-state index in [1.165, 1.54) is 0 Å². The van der Waals surface area contributed by atoms with E-state index in [0.717, 1.165) is 13.1 Å². The maximum absolute atomic E-state index is 11.9. The van der Waals surface area contributed by atoms with E-state index >= 15 is 0 Å². The van der Waals surface area contributed by atoms with Gasteiger partial charge in [0, 0.05) is 38.1 Å². The van der Waals surface area contributed by atoms with Crippen molar-refractivity contribution in [2.75, 3.05) is 19.6 Å². The van der Waals surface area contributed by atoms with E-state index in [2.05, 4.69) is 37.9 Å². The fourth-order valence-electron chi connectivity index (χ4n) is 2.27. The van der Waals surface area contributed by atoms with Crippen LogP contribution in [0.1, 0.15) is 48.0 Å². The topological polar surface area (TPSA) is 58.4 Å². The van der Waals surface area contributed by atoms with Gasteiger partial charge in [-0.1, -0.05) is 27.7 Å². The van der Waals surface area contributed by atoms with Crippen molar-refractivity contribution in [1.29, 1.82) is 0 Å². The van der Waals surface area contributed by atoms with Crippen LogP contribution in [0.2, 0.25) is 0 Å². The Morgan fingerprint density at radius 2 is 1.53 bits per heavy atom. The molecular formula is C15H33N3O. The van der Waals surface area contributed by atoms with Crippen LogP contribution in [0.4, 0.5) is 0 Å². The molecule has 1 amide bonds. The van der Waals surface area contributed by atoms with Crippen molar-refractivity contribution >= 4 is 5.91 Å². The maximum atomic E-state index is 11.9. The third-order valence-electron chi connectivity index (χ3n) is 2.86. The highest BCUT2D eigenvalue weighted by atomic mass is 16.1. The molecule has 0 aliphatic heterocycles. The molecule has 0 aromatic rings. The van der Waals surface area contributed by atoms with Gasteiger partial charge in [-0.2, -0.15) is 0 Å². The fraction of sp³-hybridized carbons (Fsp3) is 0.933. The number of nitrogens with zero attached hydrogens (tertiary/aromatic N) is 1. The molecule has 0 heterocycles. The molecular weight excluding hydrogens is 238 g/mol. The van der Waals surface area contributed by atoms with E-state index in [4.69, 9.17) is 5.73 Å². The van der Waals surface area contributed by atoms with Gasteiger partial charge in [0.2, 0.25) is 5.91 Å². The van der Waals surface area contributed by atoms with Crippen molar-refractivity contribution in [3.05, 3.63) is 0 Å². The first-order valence-corrected chi connectivity index (χ1v) is 7.49. The van der Waals surface area contributed by atoms with E-state index in [0.29, 0.717) is 24.8 Å². The Morgan fingerprint density at radius 1 is 1.05 bits per heavy atom. The Kier molecular flexibility index (Phi) is 9.02. The Hall–Kier alpha value is -0.610. The number of amides is 1. The van der Waals surface area contributed by atoms with Crippen LogP contribution < -0.4 is 11.1 Å². The lowest BCUT2D eigenvalue weighted by atomic mass is 10.1. The van der Waals surface area contributed by atoms with Gasteiger partial charge < -0.3 is 11.1 Å². The summed E-state index contributed by atoms with van der Waals surface area (Å²) < 4.78 is 0. The minimum Gasteiger partial charge on any atom is -0.354 e. The molecule has 0 radical (unpaired) electrons. The van der Waals surface area contributed by atoms with Crippen LogP contribution in [-0.4, -0.2) is 42.5 Å². The molecule has 114 valence electrons. The van der Waals surface area contributed by atoms with Crippen molar-refractivity contribution < 1.29 is 4.79 Å². The van der Waals surface area contributed by atoms with Gasteiger partial charge in [-0.25, -0.2) is 0 Å². The monoisotopic (exact) mass is 271 g/mol. The number of nitrogens with one attached hydrogen (secondary N) is 1. The standard InChI is InChI=1S/C15H33N3O/c1-11(2)9-18(10-12(3)4)14(8-16)7-15(19)17-13(5)6/h11-14H,7-10,16H2,1-6H3,(H,17,19). The molecule has 0 spiro atoms. The predicted molar refractivity (Wildman–Crippen MR) is 82.0 cm³/mol. The minimum atomic E-state index is 0.1000. The number of hydrogen-bond acceptors (Lipinski definition) is 3. The summed E-state index contributed by atoms with van der Waals surface area (Å²) in [6, 6.07) is 0.332. The molecule has 0 aliphatic rings. The Balaban J connectivity index is 4.58. The minimum absolute atomic E-state index is 0.1000. The summed E-state index contributed by atoms with van der Waals surface area (Å²) in [7, 11) is 0. The lowest BCUT2D eigenvalue weighted by molar-refractivity contribution is -0.122. The van der Waals surface area contributed by atoms with Crippen molar-refractivity contribution in [3.63, 3.8) is 0 Å². The second-order valence-corrected chi connectivity index (χ2v) is 6.56. The number of nitrogens with two attached hydrogens (primary N) is 1. The van der Waals surface area contributed by atoms with E-state index in [-0.39, 0.29) is 18.0 Å². The number of rotatable bonds is 9. The molecule has 0 saturated heterocycles. The molecule has 1 atom stereocenters. The lowest BCUT2D eigenvalue weighted by Gasteiger charge is -2.33. The zero-order valence-electron chi connectivity index (χ0n) is 13.6. The first-order valence-electron chi connectivity index (χ1n) is 7.49. The molecule has 4 nitrogen and oxygen atoms in total. The normalized spacial score (nSPS) is 13.6. The maximum Gasteiger partial charge on any atom is 0.221 e. The molecule has 1 unspecified atom stereocenters. The van der Waals surface area contributed by atoms with Crippen LogP contribution in [0.5, 0.6) is 0 Å². The molecule has 0 aromatic carbocycles. The second-order valence-electron chi connectivity index (χ2n) is 6.56. The summed E-state index contributed by atoms with van der Waals surface area (Å²) in [5.74, 6) is 1.27. The molecule has 3 N–H and O–H groups in total. The highest BCUT2D eigenvalue weighted by Gasteiger charge is 2.22. The Morgan fingerprint density at radius 3 is 1.84 bits per heavy atom. The first kappa shape index (κ1) is 18.4. The summed E-state index contributed by atoms with van der Waals surface area (Å²) >= 11 is 0. The zero-order valence-corrected chi connectivity index (χ0v) is 13.6. The van der Waals surface area contributed by atoms with Gasteiger partial charge in [0.15, 0.2) is 0 Å². The highest BCUT2D eigenvalue weighted by Crippen LogP contribution is 2.11. The SMILES string of the molecule is CC(C)CN(CC(C)C)C(CN)CC(=O)NC(C)C. The smallest absolute Gasteiger partial charge is 0.221 e. The summed E-state index contributed by atoms with van der Waals surface area (Å²) in [6.07, 6.45) is 0.494.